The van der Waals surface area contributed by atoms with Gasteiger partial charge in [-0.15, -0.1) is 0 Å². The summed E-state index contributed by atoms with van der Waals surface area (Å²) < 4.78 is 5.35. The van der Waals surface area contributed by atoms with Crippen molar-refractivity contribution in [2.45, 2.75) is 24.8 Å². The number of fused-ring (bicyclic) bond motifs is 4. The average molecular weight is 247 g/mol. The lowest BCUT2D eigenvalue weighted by Gasteiger charge is -2.38. The van der Waals surface area contributed by atoms with Crippen LogP contribution in [0.25, 0.3) is 0 Å². The summed E-state index contributed by atoms with van der Waals surface area (Å²) in [5.74, 6) is 1.25. The lowest BCUT2D eigenvalue weighted by atomic mass is 9.66. The highest BCUT2D eigenvalue weighted by molar-refractivity contribution is 5.45. The van der Waals surface area contributed by atoms with E-state index in [1.807, 2.05) is 6.07 Å². The molecule has 98 valence electrons. The van der Waals surface area contributed by atoms with E-state index in [1.54, 1.807) is 7.11 Å². The van der Waals surface area contributed by atoms with Crippen LogP contribution in [0.5, 0.6) is 5.75 Å². The molecule has 3 rings (SSSR count). The smallest absolute Gasteiger partial charge is 0.119 e. The standard InChI is InChI=1S/C15H21NO2/c1-15-9-16(2)14(13(15)8-17)6-10-4-5-11(18-3)7-12(10)15/h4-5,7,13-14,17H,6,8-9H2,1-3H3/t13-,14-,15?/m1/s1. The fourth-order valence-corrected chi connectivity index (χ4v) is 4.01. The topological polar surface area (TPSA) is 32.7 Å². The molecule has 1 N–H and O–H groups in total. The lowest BCUT2D eigenvalue weighted by molar-refractivity contribution is 0.147. The predicted molar refractivity (Wildman–Crippen MR) is 71.0 cm³/mol. The monoisotopic (exact) mass is 247 g/mol. The van der Waals surface area contributed by atoms with Gasteiger partial charge in [-0.25, -0.2) is 0 Å². The van der Waals surface area contributed by atoms with Crippen LogP contribution in [0, 0.1) is 5.92 Å². The number of likely N-dealkylation sites (N-methyl/N-ethyl adjacent to an activating group) is 1. The van der Waals surface area contributed by atoms with Gasteiger partial charge in [-0.05, 0) is 36.7 Å². The number of nitrogens with zero attached hydrogens (tertiary/aromatic N) is 1. The van der Waals surface area contributed by atoms with Crippen LogP contribution >= 0.6 is 0 Å². The molecule has 1 aliphatic carbocycles. The first kappa shape index (κ1) is 12.0. The van der Waals surface area contributed by atoms with Gasteiger partial charge in [0.25, 0.3) is 0 Å². The van der Waals surface area contributed by atoms with Crippen molar-refractivity contribution in [3.8, 4) is 5.75 Å². The van der Waals surface area contributed by atoms with Crippen molar-refractivity contribution < 1.29 is 9.84 Å². The molecule has 0 radical (unpaired) electrons. The van der Waals surface area contributed by atoms with Gasteiger partial charge in [0.05, 0.1) is 7.11 Å². The molecule has 18 heavy (non-hydrogen) atoms. The number of aliphatic hydroxyl groups excluding tert-OH is 1. The van der Waals surface area contributed by atoms with Gasteiger partial charge in [0.15, 0.2) is 0 Å². The molecule has 0 saturated carbocycles. The number of ether oxygens (including phenoxy) is 1. The summed E-state index contributed by atoms with van der Waals surface area (Å²) in [5, 5.41) is 9.75. The summed E-state index contributed by atoms with van der Waals surface area (Å²) in [5.41, 5.74) is 2.83. The van der Waals surface area contributed by atoms with Crippen LogP contribution in [0.4, 0.5) is 0 Å². The van der Waals surface area contributed by atoms with Gasteiger partial charge in [0.1, 0.15) is 5.75 Å². The third-order valence-corrected chi connectivity index (χ3v) is 4.98. The van der Waals surface area contributed by atoms with Crippen molar-refractivity contribution in [1.29, 1.82) is 0 Å². The van der Waals surface area contributed by atoms with Crippen LogP contribution < -0.4 is 4.74 Å². The molecule has 1 aliphatic heterocycles. The van der Waals surface area contributed by atoms with Crippen LogP contribution in [0.1, 0.15) is 18.1 Å². The third-order valence-electron chi connectivity index (χ3n) is 4.98. The Balaban J connectivity index is 2.13. The maximum Gasteiger partial charge on any atom is 0.119 e. The molecular weight excluding hydrogens is 226 g/mol. The van der Waals surface area contributed by atoms with Crippen LogP contribution in [0.2, 0.25) is 0 Å². The number of rotatable bonds is 2. The number of hydrogen-bond donors (Lipinski definition) is 1. The number of methoxy groups -OCH3 is 1. The minimum absolute atomic E-state index is 0.0519. The van der Waals surface area contributed by atoms with E-state index in [0.717, 1.165) is 18.7 Å². The Morgan fingerprint density at radius 1 is 1.50 bits per heavy atom. The van der Waals surface area contributed by atoms with Crippen molar-refractivity contribution in [2.75, 3.05) is 27.3 Å². The molecule has 1 saturated heterocycles. The lowest BCUT2D eigenvalue weighted by Crippen LogP contribution is -2.42. The summed E-state index contributed by atoms with van der Waals surface area (Å²) in [6.45, 7) is 3.56. The summed E-state index contributed by atoms with van der Waals surface area (Å²) >= 11 is 0. The van der Waals surface area contributed by atoms with Crippen molar-refractivity contribution in [3.05, 3.63) is 29.3 Å². The van der Waals surface area contributed by atoms with E-state index < -0.39 is 0 Å². The maximum absolute atomic E-state index is 9.75. The Hall–Kier alpha value is -1.06. The highest BCUT2D eigenvalue weighted by Crippen LogP contribution is 2.49. The quantitative estimate of drug-likeness (QED) is 0.858. The Kier molecular flexibility index (Phi) is 2.65. The third kappa shape index (κ3) is 1.44. The van der Waals surface area contributed by atoms with Gasteiger partial charge in [-0.2, -0.15) is 0 Å². The fourth-order valence-electron chi connectivity index (χ4n) is 4.01. The Morgan fingerprint density at radius 2 is 2.28 bits per heavy atom. The van der Waals surface area contributed by atoms with Crippen molar-refractivity contribution in [2.24, 2.45) is 5.92 Å². The molecule has 3 atom stereocenters. The van der Waals surface area contributed by atoms with Crippen LogP contribution in [-0.2, 0) is 11.8 Å². The molecule has 3 heteroatoms. The number of aliphatic hydroxyl groups is 1. The first-order chi connectivity index (χ1) is 8.60. The maximum atomic E-state index is 9.75. The highest BCUT2D eigenvalue weighted by Gasteiger charge is 2.52. The largest absolute Gasteiger partial charge is 0.497 e. The molecule has 1 aromatic carbocycles. The first-order valence-corrected chi connectivity index (χ1v) is 6.58. The predicted octanol–water partition coefficient (Wildman–Crippen LogP) is 1.43. The number of hydrogen-bond acceptors (Lipinski definition) is 3. The van der Waals surface area contributed by atoms with E-state index in [9.17, 15) is 5.11 Å². The summed E-state index contributed by atoms with van der Waals surface area (Å²) in [4.78, 5) is 2.40. The normalized spacial score (nSPS) is 34.4. The highest BCUT2D eigenvalue weighted by atomic mass is 16.5. The van der Waals surface area contributed by atoms with Gasteiger partial charge < -0.3 is 14.7 Å². The Labute approximate surface area is 108 Å². The zero-order valence-electron chi connectivity index (χ0n) is 11.3. The van der Waals surface area contributed by atoms with E-state index in [2.05, 4.69) is 31.0 Å². The summed E-state index contributed by atoms with van der Waals surface area (Å²) in [6.07, 6.45) is 1.04. The van der Waals surface area contributed by atoms with Gasteiger partial charge >= 0.3 is 0 Å². The molecule has 2 bridgehead atoms. The number of benzene rings is 1. The summed E-state index contributed by atoms with van der Waals surface area (Å²) in [6, 6.07) is 6.86. The van der Waals surface area contributed by atoms with Gasteiger partial charge in [-0.3, -0.25) is 0 Å². The second kappa shape index (κ2) is 3.97. The second-order valence-electron chi connectivity index (χ2n) is 5.92. The molecule has 1 unspecified atom stereocenters. The molecule has 1 heterocycles. The minimum atomic E-state index is 0.0519. The summed E-state index contributed by atoms with van der Waals surface area (Å²) in [7, 11) is 3.88. The van der Waals surface area contributed by atoms with Gasteiger partial charge in [-0.1, -0.05) is 13.0 Å². The van der Waals surface area contributed by atoms with Gasteiger partial charge in [0.2, 0.25) is 0 Å². The van der Waals surface area contributed by atoms with Crippen molar-refractivity contribution in [1.82, 2.24) is 4.90 Å². The van der Waals surface area contributed by atoms with E-state index >= 15 is 0 Å². The van der Waals surface area contributed by atoms with Crippen molar-refractivity contribution >= 4 is 0 Å². The second-order valence-corrected chi connectivity index (χ2v) is 5.92. The fraction of sp³-hybridized carbons (Fsp3) is 0.600. The molecule has 1 fully saturated rings. The molecule has 3 nitrogen and oxygen atoms in total. The zero-order valence-corrected chi connectivity index (χ0v) is 11.3. The van der Waals surface area contributed by atoms with E-state index in [-0.39, 0.29) is 12.0 Å². The molecular formula is C15H21NO2. The van der Waals surface area contributed by atoms with Crippen LogP contribution in [0.15, 0.2) is 18.2 Å². The van der Waals surface area contributed by atoms with Crippen LogP contribution in [-0.4, -0.2) is 43.4 Å². The van der Waals surface area contributed by atoms with Crippen LogP contribution in [0.3, 0.4) is 0 Å². The Morgan fingerprint density at radius 3 is 2.94 bits per heavy atom. The Bertz CT molecular complexity index is 474. The van der Waals surface area contributed by atoms with E-state index in [4.69, 9.17) is 4.74 Å². The van der Waals surface area contributed by atoms with Crippen molar-refractivity contribution in [3.63, 3.8) is 0 Å². The average Bonchev–Trinajstić information content (AvgIpc) is 2.55. The zero-order chi connectivity index (χ0) is 12.9. The molecule has 0 spiro atoms. The molecule has 1 aromatic rings. The minimum Gasteiger partial charge on any atom is -0.497 e. The van der Waals surface area contributed by atoms with E-state index in [0.29, 0.717) is 12.0 Å². The van der Waals surface area contributed by atoms with Gasteiger partial charge in [0, 0.05) is 30.5 Å². The number of likely N-dealkylation sites (tertiary alicyclic amines) is 1. The molecule has 2 aliphatic rings. The SMILES string of the molecule is COc1ccc2c(c1)C1(C)CN(C)[C@H](C2)[C@H]1CO. The molecule has 0 aromatic heterocycles. The first-order valence-electron chi connectivity index (χ1n) is 6.58. The van der Waals surface area contributed by atoms with E-state index in [1.165, 1.54) is 11.1 Å². The molecule has 0 amide bonds.